The molecule has 9 amide bonds. The number of aryl methyl sites for hydroxylation is 3. The SMILES string of the molecule is CN(Cc1ccccc1)C(=O)[C@H](Cc1ccc2ccccc2c1)NC(=O)[C@@H]1C[C@@H](O)CN1C(=O)c1cn(C)c2ccccc12.CN(Cc1ccccc1)C(=O)[C@H](Cc1ccc2ccccc2c1)NC(=O)[C@@H]1C[C@@H](O)CN1C(=O)c1cn(C)c2ccccc12.CN(Cc1ccccc1)C(=O)[C@H](Cc1ccc2ccccc2c1)NC(=O)[C@@H]1C[C@@H](O)CN1C(=O)c1cn(C)c2ccccc12. The summed E-state index contributed by atoms with van der Waals surface area (Å²) in [6.45, 7) is 1.28. The number of aliphatic hydroxyl groups excluding tert-OH is 3. The molecular formula is C108H108N12O12. The number of carbonyl (C=O) groups is 9. The van der Waals surface area contributed by atoms with E-state index in [9.17, 15) is 58.5 Å². The molecule has 0 radical (unpaired) electrons. The molecule has 3 aliphatic rings. The summed E-state index contributed by atoms with van der Waals surface area (Å²) in [7, 11) is 10.8. The minimum absolute atomic E-state index is 0.0390. The molecule has 6 heterocycles. The Kier molecular flexibility index (Phi) is 27.7. The predicted molar refractivity (Wildman–Crippen MR) is 513 cm³/mol. The van der Waals surface area contributed by atoms with Crippen LogP contribution >= 0.6 is 0 Å². The summed E-state index contributed by atoms with van der Waals surface area (Å²) >= 11 is 0. The maximum atomic E-state index is 13.9. The molecule has 18 rings (SSSR count). The number of fused-ring (bicyclic) bond motifs is 6. The van der Waals surface area contributed by atoms with Gasteiger partial charge in [0.2, 0.25) is 35.4 Å². The Hall–Kier alpha value is -14.9. The van der Waals surface area contributed by atoms with Crippen LogP contribution in [-0.4, -0.2) is 207 Å². The van der Waals surface area contributed by atoms with Gasteiger partial charge < -0.3 is 74.4 Å². The van der Waals surface area contributed by atoms with Crippen molar-refractivity contribution in [1.29, 1.82) is 0 Å². The number of carbonyl (C=O) groups excluding carboxylic acids is 9. The van der Waals surface area contributed by atoms with Gasteiger partial charge in [0.15, 0.2) is 0 Å². The summed E-state index contributed by atoms with van der Waals surface area (Å²) in [5, 5.41) is 49.5. The molecule has 12 aromatic carbocycles. The quantitative estimate of drug-likeness (QED) is 0.0329. The zero-order chi connectivity index (χ0) is 92.4. The van der Waals surface area contributed by atoms with Gasteiger partial charge in [-0.25, -0.2) is 0 Å². The second-order valence-corrected chi connectivity index (χ2v) is 35.0. The number of likely N-dealkylation sites (tertiary alicyclic amines) is 3. The molecular weight excluding hydrogens is 1660 g/mol. The normalized spacial score (nSPS) is 17.1. The molecule has 0 unspecified atom stereocenters. The lowest BCUT2D eigenvalue weighted by Crippen LogP contribution is -2.54. The zero-order valence-electron chi connectivity index (χ0n) is 74.7. The Morgan fingerprint density at radius 3 is 0.803 bits per heavy atom. The summed E-state index contributed by atoms with van der Waals surface area (Å²) in [5.74, 6) is -3.04. The largest absolute Gasteiger partial charge is 0.391 e. The Morgan fingerprint density at radius 2 is 0.538 bits per heavy atom. The number of aromatic nitrogens is 3. The first-order valence-corrected chi connectivity index (χ1v) is 44.6. The molecule has 6 N–H and O–H groups in total. The highest BCUT2D eigenvalue weighted by molar-refractivity contribution is 6.11. The highest BCUT2D eigenvalue weighted by Crippen LogP contribution is 2.33. The van der Waals surface area contributed by atoms with Crippen LogP contribution in [0.1, 0.15) is 83.7 Å². The molecule has 0 saturated carbocycles. The fourth-order valence-electron chi connectivity index (χ4n) is 18.7. The van der Waals surface area contributed by atoms with Gasteiger partial charge in [-0.2, -0.15) is 0 Å². The highest BCUT2D eigenvalue weighted by Gasteiger charge is 2.45. The van der Waals surface area contributed by atoms with E-state index in [4.69, 9.17) is 0 Å². The second kappa shape index (κ2) is 40.4. The van der Waals surface area contributed by atoms with Gasteiger partial charge in [-0.15, -0.1) is 0 Å². The van der Waals surface area contributed by atoms with Crippen LogP contribution < -0.4 is 16.0 Å². The lowest BCUT2D eigenvalue weighted by Gasteiger charge is -2.28. The Bertz CT molecular complexity index is 6140. The van der Waals surface area contributed by atoms with Crippen molar-refractivity contribution in [2.75, 3.05) is 40.8 Å². The second-order valence-electron chi connectivity index (χ2n) is 35.0. The molecule has 0 spiro atoms. The van der Waals surface area contributed by atoms with Crippen LogP contribution in [0.15, 0.2) is 310 Å². The van der Waals surface area contributed by atoms with Gasteiger partial charge in [-0.1, -0.05) is 273 Å². The van der Waals surface area contributed by atoms with E-state index in [1.165, 1.54) is 14.7 Å². The molecule has 3 saturated heterocycles. The van der Waals surface area contributed by atoms with Crippen LogP contribution in [0.5, 0.6) is 0 Å². The third-order valence-corrected chi connectivity index (χ3v) is 25.4. The van der Waals surface area contributed by atoms with E-state index in [1.807, 2.05) is 326 Å². The first-order valence-electron chi connectivity index (χ1n) is 44.6. The maximum absolute atomic E-state index is 13.9. The predicted octanol–water partition coefficient (Wildman–Crippen LogP) is 12.9. The number of nitrogens with one attached hydrogen (secondary N) is 3. The van der Waals surface area contributed by atoms with E-state index in [1.54, 1.807) is 54.4 Å². The molecule has 0 aliphatic carbocycles. The van der Waals surface area contributed by atoms with Crippen molar-refractivity contribution in [3.63, 3.8) is 0 Å². The first-order chi connectivity index (χ1) is 63.8. The molecule has 24 heteroatoms. The number of hydrogen-bond acceptors (Lipinski definition) is 12. The van der Waals surface area contributed by atoms with E-state index in [2.05, 4.69) is 16.0 Å². The number of rotatable bonds is 24. The number of aliphatic hydroxyl groups is 3. The van der Waals surface area contributed by atoms with Gasteiger partial charge in [0.25, 0.3) is 17.7 Å². The summed E-state index contributed by atoms with van der Waals surface area (Å²) < 4.78 is 5.64. The van der Waals surface area contributed by atoms with Crippen LogP contribution in [0.25, 0.3) is 65.0 Å². The standard InChI is InChI=1S/3C36H36N4O4/c3*1-38-23-30(29-14-8-9-15-32(29)38)35(43)40-22-28(41)20-33(40)34(42)37-31(36(44)39(2)21-24-10-4-3-5-11-24)19-25-16-17-26-12-6-7-13-27(26)18-25/h3*3-18,23,28,31,33,41H,19-22H2,1-2H3,(H,37,42)/t3*28-,31+,33+/m111/s1. The van der Waals surface area contributed by atoms with Crippen LogP contribution in [-0.2, 0) is 88.8 Å². The number of amides is 9. The lowest BCUT2D eigenvalue weighted by atomic mass is 10.00. The molecule has 9 atom stereocenters. The minimum Gasteiger partial charge on any atom is -0.391 e. The summed E-state index contributed by atoms with van der Waals surface area (Å²) in [4.78, 5) is 134. The number of benzene rings is 12. The van der Waals surface area contributed by atoms with Crippen LogP contribution in [0.2, 0.25) is 0 Å². The number of para-hydroxylation sites is 3. The number of nitrogens with zero attached hydrogens (tertiary/aromatic N) is 9. The Balaban J connectivity index is 0.000000144. The van der Waals surface area contributed by atoms with Gasteiger partial charge in [-0.05, 0) is 83.9 Å². The average molecular weight is 1770 g/mol. The number of hydrogen-bond donors (Lipinski definition) is 6. The van der Waals surface area contributed by atoms with Gasteiger partial charge >= 0.3 is 0 Å². The van der Waals surface area contributed by atoms with Crippen LogP contribution in [0.4, 0.5) is 0 Å². The molecule has 24 nitrogen and oxygen atoms in total. The van der Waals surface area contributed by atoms with Crippen LogP contribution in [0.3, 0.4) is 0 Å². The molecule has 0 bridgehead atoms. The van der Waals surface area contributed by atoms with E-state index in [0.29, 0.717) is 36.3 Å². The van der Waals surface area contributed by atoms with E-state index >= 15 is 0 Å². The molecule has 3 aromatic heterocycles. The van der Waals surface area contributed by atoms with Crippen molar-refractivity contribution in [1.82, 2.24) is 59.1 Å². The number of β-amino-alcohol motifs (C(OH)–C–C–N with tert-alkyl or cyclic N) is 3. The third kappa shape index (κ3) is 20.6. The molecule has 672 valence electrons. The number of likely N-dealkylation sites (N-methyl/N-ethyl adjacent to an activating group) is 3. The summed E-state index contributed by atoms with van der Waals surface area (Å²) in [5.41, 5.74) is 9.78. The van der Waals surface area contributed by atoms with E-state index in [0.717, 1.165) is 98.4 Å². The van der Waals surface area contributed by atoms with Gasteiger partial charge in [0, 0.05) is 171 Å². The molecule has 3 fully saturated rings. The first kappa shape index (κ1) is 90.5. The minimum atomic E-state index is -0.914. The van der Waals surface area contributed by atoms with Crippen molar-refractivity contribution < 1.29 is 58.5 Å². The molecule has 3 aliphatic heterocycles. The summed E-state index contributed by atoms with van der Waals surface area (Å²) in [6, 6.07) is 88.6. The average Bonchev–Trinajstić information content (AvgIpc) is 1.63. The van der Waals surface area contributed by atoms with Crippen molar-refractivity contribution in [2.24, 2.45) is 21.1 Å². The topological polar surface area (TPSA) is 285 Å². The van der Waals surface area contributed by atoms with E-state index in [-0.39, 0.29) is 93.6 Å². The Labute approximate surface area is 765 Å². The monoisotopic (exact) mass is 1760 g/mol. The Morgan fingerprint density at radius 1 is 0.303 bits per heavy atom. The van der Waals surface area contributed by atoms with E-state index < -0.39 is 72.3 Å². The lowest BCUT2D eigenvalue weighted by molar-refractivity contribution is -0.136. The fraction of sp³-hybridized carbons (Fsp3) is 0.250. The highest BCUT2D eigenvalue weighted by atomic mass is 16.3. The van der Waals surface area contributed by atoms with Crippen molar-refractivity contribution in [2.45, 2.75) is 113 Å². The van der Waals surface area contributed by atoms with Crippen molar-refractivity contribution in [3.8, 4) is 0 Å². The maximum Gasteiger partial charge on any atom is 0.256 e. The van der Waals surface area contributed by atoms with Crippen molar-refractivity contribution in [3.05, 3.63) is 360 Å². The summed E-state index contributed by atoms with van der Waals surface area (Å²) in [6.07, 6.45) is 3.87. The van der Waals surface area contributed by atoms with Crippen molar-refractivity contribution >= 4 is 118 Å². The third-order valence-electron chi connectivity index (χ3n) is 25.4. The van der Waals surface area contributed by atoms with Gasteiger partial charge in [0.1, 0.15) is 36.3 Å². The fourth-order valence-corrected chi connectivity index (χ4v) is 18.7. The molecule has 15 aromatic rings. The van der Waals surface area contributed by atoms with Gasteiger partial charge in [0.05, 0.1) is 35.0 Å². The smallest absolute Gasteiger partial charge is 0.256 e. The zero-order valence-corrected chi connectivity index (χ0v) is 74.7. The molecule has 132 heavy (non-hydrogen) atoms. The van der Waals surface area contributed by atoms with Crippen LogP contribution in [0, 0.1) is 0 Å². The van der Waals surface area contributed by atoms with Gasteiger partial charge in [-0.3, -0.25) is 43.2 Å².